The van der Waals surface area contributed by atoms with Crippen LogP contribution in [-0.4, -0.2) is 55.5 Å². The largest absolute Gasteiger partial charge is 0.382 e. The zero-order valence-electron chi connectivity index (χ0n) is 14.1. The molecule has 0 aliphatic carbocycles. The lowest BCUT2D eigenvalue weighted by Gasteiger charge is -2.26. The van der Waals surface area contributed by atoms with Crippen LogP contribution in [0.3, 0.4) is 0 Å². The first kappa shape index (κ1) is 16.4. The highest BCUT2D eigenvalue weighted by Crippen LogP contribution is 2.33. The van der Waals surface area contributed by atoms with Gasteiger partial charge >= 0.3 is 0 Å². The molecule has 1 aromatic carbocycles. The van der Waals surface area contributed by atoms with Gasteiger partial charge in [-0.15, -0.1) is 5.11 Å². The molecule has 0 atom stereocenters. The van der Waals surface area contributed by atoms with Gasteiger partial charge in [-0.1, -0.05) is 12.1 Å². The topological polar surface area (TPSA) is 95.1 Å². The minimum atomic E-state index is 0.421. The number of morpholine rings is 1. The molecule has 8 nitrogen and oxygen atoms in total. The molecule has 0 bridgehead atoms. The van der Waals surface area contributed by atoms with E-state index in [0.717, 1.165) is 31.1 Å². The van der Waals surface area contributed by atoms with Crippen LogP contribution in [0.4, 0.5) is 23.0 Å². The van der Waals surface area contributed by atoms with E-state index >= 15 is 0 Å². The Morgan fingerprint density at radius 3 is 2.83 bits per heavy atom. The van der Waals surface area contributed by atoms with Gasteiger partial charge in [-0.25, -0.2) is 0 Å². The second-order valence-corrected chi connectivity index (χ2v) is 6.02. The average molecular weight is 329 g/mol. The van der Waals surface area contributed by atoms with Gasteiger partial charge in [-0.3, -0.25) is 5.10 Å². The molecule has 1 aliphatic rings. The Bertz CT molecular complexity index is 704. The van der Waals surface area contributed by atoms with Crippen LogP contribution in [0.25, 0.3) is 0 Å². The number of nitrogen functional groups attached to an aromatic ring is 1. The molecule has 1 aliphatic heterocycles. The van der Waals surface area contributed by atoms with Gasteiger partial charge in [0.15, 0.2) is 11.5 Å². The molecule has 128 valence electrons. The molecular formula is C16H23N7O. The van der Waals surface area contributed by atoms with Gasteiger partial charge in [-0.2, -0.15) is 10.2 Å². The van der Waals surface area contributed by atoms with Crippen molar-refractivity contribution in [2.75, 3.05) is 51.0 Å². The summed E-state index contributed by atoms with van der Waals surface area (Å²) in [5, 5.41) is 15.7. The predicted molar refractivity (Wildman–Crippen MR) is 94.0 cm³/mol. The maximum atomic E-state index is 5.97. The highest BCUT2D eigenvalue weighted by atomic mass is 16.5. The van der Waals surface area contributed by atoms with E-state index in [1.54, 1.807) is 0 Å². The fraction of sp³-hybridized carbons (Fsp3) is 0.438. The number of aromatic amines is 1. The number of anilines is 2. The van der Waals surface area contributed by atoms with Gasteiger partial charge in [-0.05, 0) is 31.8 Å². The van der Waals surface area contributed by atoms with E-state index < -0.39 is 0 Å². The minimum absolute atomic E-state index is 0.421. The van der Waals surface area contributed by atoms with Crippen LogP contribution in [0, 0.1) is 0 Å². The van der Waals surface area contributed by atoms with Gasteiger partial charge in [0, 0.05) is 19.6 Å². The third-order valence-corrected chi connectivity index (χ3v) is 3.73. The van der Waals surface area contributed by atoms with Crippen molar-refractivity contribution in [1.29, 1.82) is 0 Å². The summed E-state index contributed by atoms with van der Waals surface area (Å²) < 4.78 is 5.37. The molecule has 0 unspecified atom stereocenters. The second kappa shape index (κ2) is 7.41. The van der Waals surface area contributed by atoms with Gasteiger partial charge in [0.05, 0.1) is 18.9 Å². The molecule has 3 rings (SSSR count). The smallest absolute Gasteiger partial charge is 0.180 e. The van der Waals surface area contributed by atoms with Crippen molar-refractivity contribution in [2.45, 2.75) is 6.54 Å². The third-order valence-electron chi connectivity index (χ3n) is 3.73. The lowest BCUT2D eigenvalue weighted by Crippen LogP contribution is -2.36. The molecule has 24 heavy (non-hydrogen) atoms. The maximum Gasteiger partial charge on any atom is 0.180 e. The van der Waals surface area contributed by atoms with Crippen LogP contribution < -0.4 is 10.6 Å². The number of rotatable bonds is 5. The molecule has 2 aromatic rings. The summed E-state index contributed by atoms with van der Waals surface area (Å²) in [6, 6.07) is 8.00. The number of nitrogens with two attached hydrogens (primary N) is 1. The van der Waals surface area contributed by atoms with Crippen molar-refractivity contribution in [3.8, 4) is 0 Å². The van der Waals surface area contributed by atoms with Crippen molar-refractivity contribution in [3.63, 3.8) is 0 Å². The highest BCUT2D eigenvalue weighted by molar-refractivity contribution is 5.73. The van der Waals surface area contributed by atoms with Crippen LogP contribution in [-0.2, 0) is 11.3 Å². The fourth-order valence-corrected chi connectivity index (χ4v) is 2.62. The summed E-state index contributed by atoms with van der Waals surface area (Å²) >= 11 is 0. The van der Waals surface area contributed by atoms with E-state index in [1.165, 1.54) is 5.56 Å². The van der Waals surface area contributed by atoms with Crippen molar-refractivity contribution in [3.05, 3.63) is 29.8 Å². The summed E-state index contributed by atoms with van der Waals surface area (Å²) in [5.74, 6) is 1.15. The lowest BCUT2D eigenvalue weighted by molar-refractivity contribution is 0.122. The Morgan fingerprint density at radius 1 is 1.29 bits per heavy atom. The number of azo groups is 1. The molecule has 0 spiro atoms. The number of ether oxygens (including phenoxy) is 1. The van der Waals surface area contributed by atoms with Gasteiger partial charge in [0.25, 0.3) is 0 Å². The van der Waals surface area contributed by atoms with Crippen molar-refractivity contribution >= 4 is 23.0 Å². The standard InChI is InChI=1S/C16H23N7O/c1-22(2)11-12-4-3-5-13(10-12)18-19-14-15(17)20-21-16(14)23-6-8-24-9-7-23/h3-5,10H,6-9,11H2,1-2H3,(H3,17,20,21). The summed E-state index contributed by atoms with van der Waals surface area (Å²) in [6.45, 7) is 3.75. The van der Waals surface area contributed by atoms with Crippen molar-refractivity contribution < 1.29 is 4.74 Å². The molecule has 1 aromatic heterocycles. The lowest BCUT2D eigenvalue weighted by atomic mass is 10.2. The Hall–Kier alpha value is -2.45. The first-order valence-electron chi connectivity index (χ1n) is 7.95. The fourth-order valence-electron chi connectivity index (χ4n) is 2.62. The van der Waals surface area contributed by atoms with Crippen LogP contribution >= 0.6 is 0 Å². The van der Waals surface area contributed by atoms with Crippen LogP contribution in [0.1, 0.15) is 5.56 Å². The molecule has 0 saturated carbocycles. The summed E-state index contributed by atoms with van der Waals surface area (Å²) in [5.41, 5.74) is 8.53. The van der Waals surface area contributed by atoms with Crippen LogP contribution in [0.5, 0.6) is 0 Å². The number of nitrogens with one attached hydrogen (secondary N) is 1. The van der Waals surface area contributed by atoms with E-state index in [0.29, 0.717) is 24.7 Å². The molecule has 8 heteroatoms. The molecule has 1 saturated heterocycles. The number of hydrogen-bond acceptors (Lipinski definition) is 7. The van der Waals surface area contributed by atoms with Crippen LogP contribution in [0.15, 0.2) is 34.5 Å². The number of H-pyrrole nitrogens is 1. The zero-order valence-corrected chi connectivity index (χ0v) is 14.1. The van der Waals surface area contributed by atoms with E-state index in [4.69, 9.17) is 10.5 Å². The average Bonchev–Trinajstić information content (AvgIpc) is 2.94. The molecular weight excluding hydrogens is 306 g/mol. The number of nitrogens with zero attached hydrogens (tertiary/aromatic N) is 5. The Balaban J connectivity index is 1.80. The minimum Gasteiger partial charge on any atom is -0.382 e. The van der Waals surface area contributed by atoms with Gasteiger partial charge < -0.3 is 20.3 Å². The molecule has 0 amide bonds. The first-order valence-corrected chi connectivity index (χ1v) is 7.95. The Kier molecular flexibility index (Phi) is 5.07. The molecule has 3 N–H and O–H groups in total. The number of benzene rings is 1. The highest BCUT2D eigenvalue weighted by Gasteiger charge is 2.20. The second-order valence-electron chi connectivity index (χ2n) is 6.02. The summed E-state index contributed by atoms with van der Waals surface area (Å²) in [4.78, 5) is 4.22. The van der Waals surface area contributed by atoms with Crippen molar-refractivity contribution in [1.82, 2.24) is 15.1 Å². The van der Waals surface area contributed by atoms with Crippen LogP contribution in [0.2, 0.25) is 0 Å². The SMILES string of the molecule is CN(C)Cc1cccc(N=Nc2c(N3CCOCC3)n[nH]c2N)c1. The van der Waals surface area contributed by atoms with Gasteiger partial charge in [0.1, 0.15) is 5.82 Å². The van der Waals surface area contributed by atoms with E-state index in [1.807, 2.05) is 32.3 Å². The normalized spacial score (nSPS) is 15.5. The summed E-state index contributed by atoms with van der Waals surface area (Å²) in [6.07, 6.45) is 0. The first-order chi connectivity index (χ1) is 11.6. The third kappa shape index (κ3) is 3.90. The Morgan fingerprint density at radius 2 is 2.08 bits per heavy atom. The number of aromatic nitrogens is 2. The van der Waals surface area contributed by atoms with Gasteiger partial charge in [0.2, 0.25) is 0 Å². The maximum absolute atomic E-state index is 5.97. The molecule has 1 fully saturated rings. The quantitative estimate of drug-likeness (QED) is 0.821. The number of hydrogen-bond donors (Lipinski definition) is 2. The molecule has 0 radical (unpaired) electrons. The van der Waals surface area contributed by atoms with E-state index in [-0.39, 0.29) is 0 Å². The Labute approximate surface area is 141 Å². The van der Waals surface area contributed by atoms with Crippen molar-refractivity contribution in [2.24, 2.45) is 10.2 Å². The predicted octanol–water partition coefficient (Wildman–Crippen LogP) is 2.31. The monoisotopic (exact) mass is 329 g/mol. The summed E-state index contributed by atoms with van der Waals surface area (Å²) in [7, 11) is 4.07. The van der Waals surface area contributed by atoms with E-state index in [2.05, 4.69) is 36.3 Å². The zero-order chi connectivity index (χ0) is 16.9. The molecule has 2 heterocycles. The van der Waals surface area contributed by atoms with E-state index in [9.17, 15) is 0 Å².